The van der Waals surface area contributed by atoms with Gasteiger partial charge in [0, 0.05) is 57.9 Å². The van der Waals surface area contributed by atoms with E-state index in [2.05, 4.69) is 10.6 Å². The SMILES string of the molecule is COCCCOc1cc(CN(C(=O)[C@@H]2CNC[C@H](NC(=O)OCC(C)C)C2)C2CC2)cc(OC)c1. The largest absolute Gasteiger partial charge is 0.497 e. The van der Waals surface area contributed by atoms with Crippen LogP contribution in [0.5, 0.6) is 11.5 Å². The summed E-state index contributed by atoms with van der Waals surface area (Å²) in [6.07, 6.45) is 2.99. The van der Waals surface area contributed by atoms with E-state index in [1.807, 2.05) is 36.9 Å². The highest BCUT2D eigenvalue weighted by Gasteiger charge is 2.38. The molecule has 1 saturated heterocycles. The number of alkyl carbamates (subject to hydrolysis) is 1. The molecule has 2 fully saturated rings. The Bertz CT molecular complexity index is 829. The molecule has 1 aliphatic carbocycles. The van der Waals surface area contributed by atoms with Crippen LogP contribution in [-0.2, 0) is 20.8 Å². The van der Waals surface area contributed by atoms with Crippen molar-refractivity contribution in [3.63, 3.8) is 0 Å². The van der Waals surface area contributed by atoms with Crippen LogP contribution in [0.2, 0.25) is 0 Å². The third-order valence-electron chi connectivity index (χ3n) is 6.13. The van der Waals surface area contributed by atoms with E-state index in [9.17, 15) is 9.59 Å². The number of ether oxygens (including phenoxy) is 4. The topological polar surface area (TPSA) is 98.4 Å². The number of carbonyl (C=O) groups is 2. The van der Waals surface area contributed by atoms with E-state index < -0.39 is 6.09 Å². The zero-order valence-electron chi connectivity index (χ0n) is 21.5. The van der Waals surface area contributed by atoms with Gasteiger partial charge in [-0.25, -0.2) is 4.79 Å². The van der Waals surface area contributed by atoms with E-state index in [0.717, 1.165) is 30.6 Å². The first-order valence-electron chi connectivity index (χ1n) is 12.6. The third-order valence-corrected chi connectivity index (χ3v) is 6.13. The summed E-state index contributed by atoms with van der Waals surface area (Å²) in [5, 5.41) is 6.21. The Hall–Kier alpha value is -2.52. The number of methoxy groups -OCH3 is 2. The van der Waals surface area contributed by atoms with Crippen molar-refractivity contribution in [1.29, 1.82) is 0 Å². The zero-order valence-corrected chi connectivity index (χ0v) is 21.5. The van der Waals surface area contributed by atoms with Gasteiger partial charge in [0.25, 0.3) is 0 Å². The van der Waals surface area contributed by atoms with Gasteiger partial charge in [0.15, 0.2) is 0 Å². The summed E-state index contributed by atoms with van der Waals surface area (Å²) < 4.78 is 21.7. The number of rotatable bonds is 13. The van der Waals surface area contributed by atoms with Crippen LogP contribution >= 0.6 is 0 Å². The van der Waals surface area contributed by atoms with Crippen molar-refractivity contribution in [2.24, 2.45) is 11.8 Å². The Kier molecular flexibility index (Phi) is 10.5. The van der Waals surface area contributed by atoms with Crippen LogP contribution in [0.15, 0.2) is 18.2 Å². The molecule has 0 aromatic heterocycles. The Labute approximate surface area is 208 Å². The summed E-state index contributed by atoms with van der Waals surface area (Å²) in [6.45, 7) is 7.29. The normalized spacial score (nSPS) is 19.8. The highest BCUT2D eigenvalue weighted by molar-refractivity contribution is 5.80. The quantitative estimate of drug-likeness (QED) is 0.410. The van der Waals surface area contributed by atoms with Crippen LogP contribution in [-0.4, -0.2) is 76.1 Å². The van der Waals surface area contributed by atoms with Gasteiger partial charge in [0.2, 0.25) is 5.91 Å². The molecule has 2 atom stereocenters. The van der Waals surface area contributed by atoms with Crippen LogP contribution < -0.4 is 20.1 Å². The van der Waals surface area contributed by atoms with Gasteiger partial charge >= 0.3 is 6.09 Å². The van der Waals surface area contributed by atoms with Gasteiger partial charge in [-0.05, 0) is 42.9 Å². The smallest absolute Gasteiger partial charge is 0.407 e. The molecule has 0 spiro atoms. The second-order valence-corrected chi connectivity index (χ2v) is 9.83. The van der Waals surface area contributed by atoms with Crippen LogP contribution in [0.25, 0.3) is 0 Å². The number of hydrogen-bond donors (Lipinski definition) is 2. The Morgan fingerprint density at radius 3 is 2.57 bits per heavy atom. The lowest BCUT2D eigenvalue weighted by molar-refractivity contribution is -0.137. The molecular weight excluding hydrogens is 450 g/mol. The van der Waals surface area contributed by atoms with Crippen LogP contribution in [0.4, 0.5) is 4.79 Å². The molecule has 196 valence electrons. The minimum atomic E-state index is -0.424. The third kappa shape index (κ3) is 8.89. The summed E-state index contributed by atoms with van der Waals surface area (Å²) in [5.74, 6) is 1.63. The average molecular weight is 492 g/mol. The summed E-state index contributed by atoms with van der Waals surface area (Å²) in [4.78, 5) is 27.7. The maximum absolute atomic E-state index is 13.6. The standard InChI is InChI=1S/C26H41N3O6/c1-18(2)17-35-26(31)28-21-12-20(14-27-15-21)25(30)29(22-6-7-22)16-19-10-23(33-4)13-24(11-19)34-9-5-8-32-3/h10-11,13,18,20-22,27H,5-9,12,14-17H2,1-4H3,(H,28,31)/t20-,21+/m0/s1. The molecule has 0 unspecified atom stereocenters. The van der Waals surface area contributed by atoms with Crippen molar-refractivity contribution in [2.75, 3.05) is 47.1 Å². The fraction of sp³-hybridized carbons (Fsp3) is 0.692. The first-order valence-corrected chi connectivity index (χ1v) is 12.6. The Morgan fingerprint density at radius 1 is 1.11 bits per heavy atom. The predicted octanol–water partition coefficient (Wildman–Crippen LogP) is 2.96. The van der Waals surface area contributed by atoms with Crippen molar-refractivity contribution < 1.29 is 28.5 Å². The van der Waals surface area contributed by atoms with E-state index in [1.165, 1.54) is 0 Å². The fourth-order valence-corrected chi connectivity index (χ4v) is 4.21. The van der Waals surface area contributed by atoms with Gasteiger partial charge in [-0.2, -0.15) is 0 Å². The van der Waals surface area contributed by atoms with Crippen LogP contribution in [0.3, 0.4) is 0 Å². The molecular formula is C26H41N3O6. The average Bonchev–Trinajstić information content (AvgIpc) is 3.69. The van der Waals surface area contributed by atoms with Crippen LogP contribution in [0, 0.1) is 11.8 Å². The Morgan fingerprint density at radius 2 is 1.89 bits per heavy atom. The minimum absolute atomic E-state index is 0.118. The maximum atomic E-state index is 13.6. The van der Waals surface area contributed by atoms with Gasteiger partial charge in [0.1, 0.15) is 11.5 Å². The molecule has 0 radical (unpaired) electrons. The lowest BCUT2D eigenvalue weighted by atomic mass is 9.94. The zero-order chi connectivity index (χ0) is 25.2. The van der Waals surface area contributed by atoms with E-state index in [0.29, 0.717) is 51.6 Å². The molecule has 1 aromatic rings. The molecule has 35 heavy (non-hydrogen) atoms. The van der Waals surface area contributed by atoms with Crippen molar-refractivity contribution in [1.82, 2.24) is 15.5 Å². The second-order valence-electron chi connectivity index (χ2n) is 9.83. The van der Waals surface area contributed by atoms with E-state index in [-0.39, 0.29) is 29.8 Å². The highest BCUT2D eigenvalue weighted by Crippen LogP contribution is 2.32. The highest BCUT2D eigenvalue weighted by atomic mass is 16.5. The van der Waals surface area contributed by atoms with E-state index in [1.54, 1.807) is 14.2 Å². The molecule has 9 heteroatoms. The monoisotopic (exact) mass is 491 g/mol. The maximum Gasteiger partial charge on any atom is 0.407 e. The lowest BCUT2D eigenvalue weighted by Gasteiger charge is -2.33. The number of nitrogens with one attached hydrogen (secondary N) is 2. The fourth-order valence-electron chi connectivity index (χ4n) is 4.21. The summed E-state index contributed by atoms with van der Waals surface area (Å²) in [7, 11) is 3.30. The van der Waals surface area contributed by atoms with Crippen LogP contribution in [0.1, 0.15) is 45.1 Å². The molecule has 1 aliphatic heterocycles. The summed E-state index contributed by atoms with van der Waals surface area (Å²) >= 11 is 0. The predicted molar refractivity (Wildman–Crippen MR) is 133 cm³/mol. The number of carbonyl (C=O) groups excluding carboxylic acids is 2. The molecule has 1 saturated carbocycles. The minimum Gasteiger partial charge on any atom is -0.497 e. The molecule has 1 heterocycles. The number of nitrogens with zero attached hydrogens (tertiary/aromatic N) is 1. The molecule has 2 aliphatic rings. The van der Waals surface area contributed by atoms with Gasteiger partial charge in [0.05, 0.1) is 26.2 Å². The molecule has 1 aromatic carbocycles. The number of amides is 2. The molecule has 3 rings (SSSR count). The number of hydrogen-bond acceptors (Lipinski definition) is 7. The van der Waals surface area contributed by atoms with Crippen molar-refractivity contribution in [3.8, 4) is 11.5 Å². The van der Waals surface area contributed by atoms with E-state index in [4.69, 9.17) is 18.9 Å². The first kappa shape index (κ1) is 27.1. The van der Waals surface area contributed by atoms with Gasteiger partial charge in [-0.15, -0.1) is 0 Å². The summed E-state index contributed by atoms with van der Waals surface area (Å²) in [5.41, 5.74) is 0.974. The van der Waals surface area contributed by atoms with Crippen molar-refractivity contribution in [2.45, 2.75) is 58.2 Å². The summed E-state index contributed by atoms with van der Waals surface area (Å²) in [6, 6.07) is 5.91. The van der Waals surface area contributed by atoms with E-state index >= 15 is 0 Å². The second kappa shape index (κ2) is 13.5. The molecule has 0 bridgehead atoms. The van der Waals surface area contributed by atoms with Gasteiger partial charge < -0.3 is 34.5 Å². The number of piperidine rings is 1. The van der Waals surface area contributed by atoms with Crippen molar-refractivity contribution in [3.05, 3.63) is 23.8 Å². The molecule has 2 N–H and O–H groups in total. The van der Waals surface area contributed by atoms with Gasteiger partial charge in [-0.3, -0.25) is 4.79 Å². The molecule has 9 nitrogen and oxygen atoms in total. The first-order chi connectivity index (χ1) is 16.9. The number of benzene rings is 1. The molecule has 2 amide bonds. The van der Waals surface area contributed by atoms with Crippen molar-refractivity contribution >= 4 is 12.0 Å². The lowest BCUT2D eigenvalue weighted by Crippen LogP contribution is -2.53. The van der Waals surface area contributed by atoms with Gasteiger partial charge in [-0.1, -0.05) is 13.8 Å². The Balaban J connectivity index is 1.62.